The fourth-order valence-corrected chi connectivity index (χ4v) is 3.32. The molecule has 0 fully saturated rings. The standard InChI is InChI=1S/C12H16N4O3S2/c1-7-8(2)20-12(14-7)15-11(17)10-5-9(6-16(10)4)21(18,19)13-3/h5-6,13H,1-4H3,(H,14,15,17). The maximum absolute atomic E-state index is 12.2. The molecular formula is C12H16N4O3S2. The molecule has 0 aliphatic rings. The molecule has 0 aliphatic carbocycles. The molecule has 0 atom stereocenters. The fourth-order valence-electron chi connectivity index (χ4n) is 1.71. The van der Waals surface area contributed by atoms with Crippen molar-refractivity contribution in [1.82, 2.24) is 14.3 Å². The van der Waals surface area contributed by atoms with Gasteiger partial charge in [0.2, 0.25) is 10.0 Å². The number of thiazole rings is 1. The van der Waals surface area contributed by atoms with Crippen molar-refractivity contribution in [3.8, 4) is 0 Å². The number of aromatic nitrogens is 2. The maximum atomic E-state index is 12.2. The van der Waals surface area contributed by atoms with E-state index in [0.29, 0.717) is 5.13 Å². The summed E-state index contributed by atoms with van der Waals surface area (Å²) >= 11 is 1.38. The molecule has 0 spiro atoms. The lowest BCUT2D eigenvalue weighted by Gasteiger charge is -2.02. The molecule has 0 saturated heterocycles. The van der Waals surface area contributed by atoms with Crippen molar-refractivity contribution in [1.29, 1.82) is 0 Å². The Bertz CT molecular complexity index is 770. The van der Waals surface area contributed by atoms with Gasteiger partial charge in [-0.1, -0.05) is 0 Å². The van der Waals surface area contributed by atoms with Gasteiger partial charge in [-0.25, -0.2) is 18.1 Å². The van der Waals surface area contributed by atoms with Crippen LogP contribution in [-0.2, 0) is 17.1 Å². The molecule has 0 radical (unpaired) electrons. The molecule has 2 N–H and O–H groups in total. The summed E-state index contributed by atoms with van der Waals surface area (Å²) in [5.41, 5.74) is 1.11. The summed E-state index contributed by atoms with van der Waals surface area (Å²) in [7, 11) is -0.637. The van der Waals surface area contributed by atoms with Crippen molar-refractivity contribution in [3.63, 3.8) is 0 Å². The Morgan fingerprint density at radius 3 is 2.57 bits per heavy atom. The molecule has 2 aromatic rings. The van der Waals surface area contributed by atoms with E-state index in [1.54, 1.807) is 7.05 Å². The second kappa shape index (κ2) is 5.58. The van der Waals surface area contributed by atoms with E-state index in [9.17, 15) is 13.2 Å². The monoisotopic (exact) mass is 328 g/mol. The summed E-state index contributed by atoms with van der Waals surface area (Å²) in [6, 6.07) is 1.33. The number of sulfonamides is 1. The predicted molar refractivity (Wildman–Crippen MR) is 81.2 cm³/mol. The van der Waals surface area contributed by atoms with E-state index in [1.165, 1.54) is 35.2 Å². The van der Waals surface area contributed by atoms with Crippen LogP contribution in [0.25, 0.3) is 0 Å². The van der Waals surface area contributed by atoms with Gasteiger partial charge in [0.05, 0.1) is 5.69 Å². The predicted octanol–water partition coefficient (Wildman–Crippen LogP) is 1.26. The normalized spacial score (nSPS) is 11.6. The Balaban J connectivity index is 2.28. The van der Waals surface area contributed by atoms with Crippen molar-refractivity contribution in [2.75, 3.05) is 12.4 Å². The molecule has 2 aromatic heterocycles. The highest BCUT2D eigenvalue weighted by molar-refractivity contribution is 7.89. The van der Waals surface area contributed by atoms with Crippen LogP contribution in [0.4, 0.5) is 5.13 Å². The number of hydrogen-bond acceptors (Lipinski definition) is 5. The molecule has 0 aromatic carbocycles. The number of anilines is 1. The molecule has 0 aliphatic heterocycles. The van der Waals surface area contributed by atoms with Crippen LogP contribution in [0.5, 0.6) is 0 Å². The molecule has 7 nitrogen and oxygen atoms in total. The lowest BCUT2D eigenvalue weighted by atomic mass is 10.4. The van der Waals surface area contributed by atoms with Gasteiger partial charge >= 0.3 is 0 Å². The summed E-state index contributed by atoms with van der Waals surface area (Å²) in [6.07, 6.45) is 1.39. The van der Waals surface area contributed by atoms with Gasteiger partial charge in [0.25, 0.3) is 5.91 Å². The Morgan fingerprint density at radius 2 is 2.05 bits per heavy atom. The van der Waals surface area contributed by atoms with E-state index in [4.69, 9.17) is 0 Å². The summed E-state index contributed by atoms with van der Waals surface area (Å²) in [6.45, 7) is 3.78. The van der Waals surface area contributed by atoms with Crippen molar-refractivity contribution in [3.05, 3.63) is 28.5 Å². The third kappa shape index (κ3) is 3.14. The second-order valence-corrected chi connectivity index (χ2v) is 7.58. The highest BCUT2D eigenvalue weighted by atomic mass is 32.2. The van der Waals surface area contributed by atoms with Crippen molar-refractivity contribution < 1.29 is 13.2 Å². The Kier molecular flexibility index (Phi) is 4.17. The number of rotatable bonds is 4. The lowest BCUT2D eigenvalue weighted by Crippen LogP contribution is -2.18. The Hall–Kier alpha value is -1.71. The average Bonchev–Trinajstić information content (AvgIpc) is 2.94. The molecular weight excluding hydrogens is 312 g/mol. The third-order valence-corrected chi connectivity index (χ3v) is 5.41. The molecule has 21 heavy (non-hydrogen) atoms. The minimum atomic E-state index is -3.57. The van der Waals surface area contributed by atoms with Gasteiger partial charge in [-0.3, -0.25) is 10.1 Å². The van der Waals surface area contributed by atoms with Gasteiger partial charge < -0.3 is 4.57 Å². The van der Waals surface area contributed by atoms with Gasteiger partial charge in [-0.2, -0.15) is 0 Å². The highest BCUT2D eigenvalue weighted by Crippen LogP contribution is 2.22. The summed E-state index contributed by atoms with van der Waals surface area (Å²) in [5, 5.41) is 3.17. The van der Waals surface area contributed by atoms with E-state index in [2.05, 4.69) is 15.0 Å². The topological polar surface area (TPSA) is 93.1 Å². The maximum Gasteiger partial charge on any atom is 0.274 e. The molecule has 2 rings (SSSR count). The van der Waals surface area contributed by atoms with Crippen LogP contribution < -0.4 is 10.0 Å². The first-order chi connectivity index (χ1) is 9.74. The number of amides is 1. The number of hydrogen-bond donors (Lipinski definition) is 2. The van der Waals surface area contributed by atoms with Crippen LogP contribution in [0.2, 0.25) is 0 Å². The zero-order valence-electron chi connectivity index (χ0n) is 12.1. The molecule has 0 saturated carbocycles. The fraction of sp³-hybridized carbons (Fsp3) is 0.333. The smallest absolute Gasteiger partial charge is 0.274 e. The van der Waals surface area contributed by atoms with Crippen LogP contribution in [0.1, 0.15) is 21.1 Å². The van der Waals surface area contributed by atoms with Crippen molar-refractivity contribution in [2.24, 2.45) is 7.05 Å². The summed E-state index contributed by atoms with van der Waals surface area (Å²) in [4.78, 5) is 17.5. The zero-order valence-corrected chi connectivity index (χ0v) is 13.7. The van der Waals surface area contributed by atoms with E-state index in [1.807, 2.05) is 13.8 Å². The number of carbonyl (C=O) groups excluding carboxylic acids is 1. The average molecular weight is 328 g/mol. The van der Waals surface area contributed by atoms with Crippen LogP contribution in [0, 0.1) is 13.8 Å². The SMILES string of the molecule is CNS(=O)(=O)c1cc(C(=O)Nc2nc(C)c(C)s2)n(C)c1. The van der Waals surface area contributed by atoms with Crippen molar-refractivity contribution in [2.45, 2.75) is 18.7 Å². The van der Waals surface area contributed by atoms with Crippen LogP contribution in [-0.4, -0.2) is 30.9 Å². The molecule has 9 heteroatoms. The van der Waals surface area contributed by atoms with Gasteiger partial charge in [-0.15, -0.1) is 11.3 Å². The van der Waals surface area contributed by atoms with Gasteiger partial charge in [-0.05, 0) is 27.0 Å². The van der Waals surface area contributed by atoms with Crippen molar-refractivity contribution >= 4 is 32.4 Å². The van der Waals surface area contributed by atoms with Gasteiger partial charge in [0, 0.05) is 18.1 Å². The van der Waals surface area contributed by atoms with Crippen LogP contribution in [0.15, 0.2) is 17.2 Å². The first-order valence-corrected chi connectivity index (χ1v) is 8.40. The second-order valence-electron chi connectivity index (χ2n) is 4.49. The summed E-state index contributed by atoms with van der Waals surface area (Å²) < 4.78 is 27.1. The minimum absolute atomic E-state index is 0.0455. The minimum Gasteiger partial charge on any atom is -0.345 e. The van der Waals surface area contributed by atoms with E-state index >= 15 is 0 Å². The molecule has 2 heterocycles. The molecule has 114 valence electrons. The number of nitrogens with zero attached hydrogens (tertiary/aromatic N) is 2. The van der Waals surface area contributed by atoms with Crippen LogP contribution >= 0.6 is 11.3 Å². The Labute approximate surface area is 127 Å². The number of aryl methyl sites for hydroxylation is 3. The zero-order chi connectivity index (χ0) is 15.8. The lowest BCUT2D eigenvalue weighted by molar-refractivity contribution is 0.101. The Morgan fingerprint density at radius 1 is 1.38 bits per heavy atom. The largest absolute Gasteiger partial charge is 0.345 e. The van der Waals surface area contributed by atoms with Gasteiger partial charge in [0.1, 0.15) is 10.6 Å². The molecule has 0 unspecified atom stereocenters. The van der Waals surface area contributed by atoms with Gasteiger partial charge in [0.15, 0.2) is 5.13 Å². The molecule has 0 bridgehead atoms. The first-order valence-electron chi connectivity index (χ1n) is 6.10. The van der Waals surface area contributed by atoms with E-state index < -0.39 is 15.9 Å². The quantitative estimate of drug-likeness (QED) is 0.883. The van der Waals surface area contributed by atoms with Crippen LogP contribution in [0.3, 0.4) is 0 Å². The van der Waals surface area contributed by atoms with E-state index in [0.717, 1.165) is 10.6 Å². The van der Waals surface area contributed by atoms with E-state index in [-0.39, 0.29) is 10.6 Å². The first kappa shape index (κ1) is 15.7. The summed E-state index contributed by atoms with van der Waals surface area (Å²) in [5.74, 6) is -0.399. The number of carbonyl (C=O) groups is 1. The third-order valence-electron chi connectivity index (χ3n) is 3.04. The molecule has 1 amide bonds. The number of nitrogens with one attached hydrogen (secondary N) is 2. The highest BCUT2D eigenvalue weighted by Gasteiger charge is 2.20.